The van der Waals surface area contributed by atoms with Gasteiger partial charge in [0, 0.05) is 18.6 Å². The lowest BCUT2D eigenvalue weighted by molar-refractivity contribution is -0.270. The number of carbonyl (C=O) groups is 1. The maximum atomic E-state index is 12.7. The van der Waals surface area contributed by atoms with Gasteiger partial charge in [-0.2, -0.15) is 22.0 Å². The molecule has 0 bridgehead atoms. The summed E-state index contributed by atoms with van der Waals surface area (Å²) in [5.74, 6) is -7.60. The first kappa shape index (κ1) is 15.1. The van der Waals surface area contributed by atoms with Crippen molar-refractivity contribution in [1.29, 1.82) is 0 Å². The third-order valence-electron chi connectivity index (χ3n) is 3.18. The highest BCUT2D eigenvalue weighted by Crippen LogP contribution is 2.35. The fourth-order valence-electron chi connectivity index (χ4n) is 1.83. The van der Waals surface area contributed by atoms with Crippen LogP contribution in [0.1, 0.15) is 19.8 Å². The van der Waals surface area contributed by atoms with Crippen molar-refractivity contribution in [1.82, 2.24) is 10.2 Å². The zero-order valence-electron chi connectivity index (χ0n) is 10.0. The summed E-state index contributed by atoms with van der Waals surface area (Å²) in [4.78, 5) is 12.9. The molecule has 106 valence electrons. The standard InChI is InChI=1S/C10H15F5N2O/c1-6-5-7(3-4-17(6)2)16-8(18)9(11,12)10(13,14)15/h6-7H,3-5H2,1-2H3,(H,16,18). The monoisotopic (exact) mass is 274 g/mol. The minimum Gasteiger partial charge on any atom is -0.348 e. The summed E-state index contributed by atoms with van der Waals surface area (Å²) in [6.07, 6.45) is -5.13. The van der Waals surface area contributed by atoms with Gasteiger partial charge in [-0.25, -0.2) is 0 Å². The summed E-state index contributed by atoms with van der Waals surface area (Å²) in [6, 6.07) is -0.611. The summed E-state index contributed by atoms with van der Waals surface area (Å²) in [7, 11) is 1.83. The second kappa shape index (κ2) is 4.99. The Hall–Kier alpha value is -0.920. The molecule has 1 saturated heterocycles. The second-order valence-corrected chi connectivity index (χ2v) is 4.60. The molecule has 0 spiro atoms. The molecule has 18 heavy (non-hydrogen) atoms. The molecule has 1 rings (SSSR count). The van der Waals surface area contributed by atoms with Gasteiger partial charge in [-0.15, -0.1) is 0 Å². The highest BCUT2D eigenvalue weighted by Gasteiger charge is 2.63. The van der Waals surface area contributed by atoms with Crippen molar-refractivity contribution in [3.05, 3.63) is 0 Å². The van der Waals surface area contributed by atoms with E-state index in [1.165, 1.54) is 0 Å². The first-order valence-corrected chi connectivity index (χ1v) is 5.51. The zero-order valence-corrected chi connectivity index (χ0v) is 10.0. The molecule has 1 heterocycles. The van der Waals surface area contributed by atoms with Crippen LogP contribution in [0, 0.1) is 0 Å². The molecule has 1 amide bonds. The Morgan fingerprint density at radius 1 is 1.28 bits per heavy atom. The topological polar surface area (TPSA) is 32.3 Å². The molecule has 1 aliphatic rings. The van der Waals surface area contributed by atoms with Crippen molar-refractivity contribution in [3.8, 4) is 0 Å². The highest BCUT2D eigenvalue weighted by atomic mass is 19.4. The SMILES string of the molecule is CC1CC(NC(=O)C(F)(F)C(F)(F)F)CCN1C. The molecule has 1 fully saturated rings. The van der Waals surface area contributed by atoms with E-state index in [4.69, 9.17) is 0 Å². The number of amides is 1. The fraction of sp³-hybridized carbons (Fsp3) is 0.900. The zero-order chi connectivity index (χ0) is 14.1. The molecule has 2 atom stereocenters. The molecular formula is C10H15F5N2O. The van der Waals surface area contributed by atoms with Crippen molar-refractivity contribution in [2.45, 2.75) is 43.9 Å². The van der Waals surface area contributed by atoms with Gasteiger partial charge >= 0.3 is 18.0 Å². The predicted octanol–water partition coefficient (Wildman–Crippen LogP) is 1.78. The normalized spacial score (nSPS) is 27.1. The van der Waals surface area contributed by atoms with Crippen molar-refractivity contribution < 1.29 is 26.7 Å². The van der Waals surface area contributed by atoms with Crippen LogP contribution in [0.5, 0.6) is 0 Å². The van der Waals surface area contributed by atoms with E-state index in [0.29, 0.717) is 19.4 Å². The minimum absolute atomic E-state index is 0.0311. The molecule has 2 unspecified atom stereocenters. The summed E-state index contributed by atoms with van der Waals surface area (Å²) < 4.78 is 61.3. The van der Waals surface area contributed by atoms with Gasteiger partial charge in [-0.3, -0.25) is 4.79 Å². The first-order chi connectivity index (χ1) is 8.05. The van der Waals surface area contributed by atoms with E-state index in [1.54, 1.807) is 5.32 Å². The number of carbonyl (C=O) groups excluding carboxylic acids is 1. The number of nitrogens with one attached hydrogen (secondary N) is 1. The van der Waals surface area contributed by atoms with Crippen LogP contribution in [0.4, 0.5) is 22.0 Å². The first-order valence-electron chi connectivity index (χ1n) is 5.51. The summed E-state index contributed by atoms with van der Waals surface area (Å²) in [5.41, 5.74) is 0. The Balaban J connectivity index is 2.61. The summed E-state index contributed by atoms with van der Waals surface area (Å²) >= 11 is 0. The molecule has 0 aromatic carbocycles. The van der Waals surface area contributed by atoms with E-state index in [0.717, 1.165) is 0 Å². The Morgan fingerprint density at radius 2 is 1.83 bits per heavy atom. The number of hydrogen-bond acceptors (Lipinski definition) is 2. The maximum Gasteiger partial charge on any atom is 0.463 e. The number of rotatable bonds is 2. The number of alkyl halides is 5. The van der Waals surface area contributed by atoms with Crippen molar-refractivity contribution >= 4 is 5.91 Å². The van der Waals surface area contributed by atoms with Crippen LogP contribution in [-0.4, -0.2) is 48.6 Å². The lowest BCUT2D eigenvalue weighted by Gasteiger charge is -2.35. The summed E-state index contributed by atoms with van der Waals surface area (Å²) in [6.45, 7) is 2.36. The van der Waals surface area contributed by atoms with Crippen molar-refractivity contribution in [2.75, 3.05) is 13.6 Å². The van der Waals surface area contributed by atoms with Crippen LogP contribution in [0.15, 0.2) is 0 Å². The molecule has 0 saturated carbocycles. The quantitative estimate of drug-likeness (QED) is 0.779. The van der Waals surface area contributed by atoms with E-state index in [9.17, 15) is 26.7 Å². The van der Waals surface area contributed by atoms with E-state index in [2.05, 4.69) is 0 Å². The Bertz CT molecular complexity index is 318. The Morgan fingerprint density at radius 3 is 2.28 bits per heavy atom. The van der Waals surface area contributed by atoms with E-state index < -0.39 is 24.0 Å². The smallest absolute Gasteiger partial charge is 0.348 e. The lowest BCUT2D eigenvalue weighted by atomic mass is 9.98. The van der Waals surface area contributed by atoms with Crippen molar-refractivity contribution in [2.24, 2.45) is 0 Å². The van der Waals surface area contributed by atoms with Crippen LogP contribution >= 0.6 is 0 Å². The molecule has 0 radical (unpaired) electrons. The molecule has 1 N–H and O–H groups in total. The molecule has 1 aliphatic heterocycles. The maximum absolute atomic E-state index is 12.7. The van der Waals surface area contributed by atoms with Gasteiger partial charge in [-0.05, 0) is 26.8 Å². The van der Waals surface area contributed by atoms with E-state index in [1.807, 2.05) is 18.9 Å². The highest BCUT2D eigenvalue weighted by molar-refractivity contribution is 5.84. The number of likely N-dealkylation sites (tertiary alicyclic amines) is 1. The largest absolute Gasteiger partial charge is 0.463 e. The van der Waals surface area contributed by atoms with Gasteiger partial charge < -0.3 is 10.2 Å². The molecule has 0 aliphatic carbocycles. The van der Waals surface area contributed by atoms with Gasteiger partial charge in [0.25, 0.3) is 0 Å². The van der Waals surface area contributed by atoms with Crippen LogP contribution in [0.25, 0.3) is 0 Å². The number of halogens is 5. The molecule has 0 aromatic rings. The second-order valence-electron chi connectivity index (χ2n) is 4.60. The molecular weight excluding hydrogens is 259 g/mol. The third-order valence-corrected chi connectivity index (χ3v) is 3.18. The lowest BCUT2D eigenvalue weighted by Crippen LogP contribution is -2.55. The molecule has 8 heteroatoms. The summed E-state index contributed by atoms with van der Waals surface area (Å²) in [5, 5.41) is 1.78. The van der Waals surface area contributed by atoms with Gasteiger partial charge in [0.2, 0.25) is 0 Å². The average molecular weight is 274 g/mol. The van der Waals surface area contributed by atoms with E-state index in [-0.39, 0.29) is 6.04 Å². The van der Waals surface area contributed by atoms with Crippen molar-refractivity contribution in [3.63, 3.8) is 0 Å². The third kappa shape index (κ3) is 3.09. The molecule has 3 nitrogen and oxygen atoms in total. The predicted molar refractivity (Wildman–Crippen MR) is 54.3 cm³/mol. The van der Waals surface area contributed by atoms with Crippen LogP contribution in [0.3, 0.4) is 0 Å². The Kier molecular flexibility index (Phi) is 4.19. The fourth-order valence-corrected chi connectivity index (χ4v) is 1.83. The van der Waals surface area contributed by atoms with Crippen LogP contribution in [-0.2, 0) is 4.79 Å². The molecule has 0 aromatic heterocycles. The number of piperidine rings is 1. The van der Waals surface area contributed by atoms with Gasteiger partial charge in [0.15, 0.2) is 0 Å². The van der Waals surface area contributed by atoms with E-state index >= 15 is 0 Å². The number of nitrogens with zero attached hydrogens (tertiary/aromatic N) is 1. The number of hydrogen-bond donors (Lipinski definition) is 1. The van der Waals surface area contributed by atoms with Gasteiger partial charge in [0.1, 0.15) is 0 Å². The average Bonchev–Trinajstić information content (AvgIpc) is 2.21. The van der Waals surface area contributed by atoms with Gasteiger partial charge in [-0.1, -0.05) is 0 Å². The minimum atomic E-state index is -5.85. The van der Waals surface area contributed by atoms with Gasteiger partial charge in [0.05, 0.1) is 0 Å². The van der Waals surface area contributed by atoms with Crippen LogP contribution in [0.2, 0.25) is 0 Å². The van der Waals surface area contributed by atoms with Crippen LogP contribution < -0.4 is 5.32 Å². The Labute approximate surface area is 101 Å².